The molecule has 0 aromatic carbocycles. The van der Waals surface area contributed by atoms with Gasteiger partial charge in [-0.25, -0.2) is 0 Å². The lowest BCUT2D eigenvalue weighted by molar-refractivity contribution is -0.755. The number of hydrogen-bond acceptors (Lipinski definition) is 1. The van der Waals surface area contributed by atoms with Gasteiger partial charge in [-0.2, -0.15) is 0 Å². The molecular weight excluding hydrogens is 250 g/mol. The Hall–Kier alpha value is -0.340. The summed E-state index contributed by atoms with van der Waals surface area (Å²) in [6.45, 7) is 6.35. The van der Waals surface area contributed by atoms with Gasteiger partial charge in [-0.15, -0.1) is 11.3 Å². The summed E-state index contributed by atoms with van der Waals surface area (Å²) in [5.74, 6) is 1.02. The summed E-state index contributed by atoms with van der Waals surface area (Å²) in [6.07, 6.45) is 8.94. The summed E-state index contributed by atoms with van der Waals surface area (Å²) in [5.41, 5.74) is 1.88. The van der Waals surface area contributed by atoms with Crippen LogP contribution in [0.1, 0.15) is 57.2 Å². The first-order valence-electron chi connectivity index (χ1n) is 7.85. The first kappa shape index (κ1) is 12.4. The zero-order valence-electron chi connectivity index (χ0n) is 12.2. The van der Waals surface area contributed by atoms with Crippen molar-refractivity contribution in [3.8, 4) is 0 Å². The Morgan fingerprint density at radius 3 is 2.47 bits per heavy atom. The van der Waals surface area contributed by atoms with Gasteiger partial charge >= 0.3 is 0 Å². The highest BCUT2D eigenvalue weighted by molar-refractivity contribution is 7.09. The Morgan fingerprint density at radius 1 is 1.16 bits per heavy atom. The van der Waals surface area contributed by atoms with Gasteiger partial charge in [0.05, 0.1) is 10.4 Å². The Morgan fingerprint density at radius 2 is 1.89 bits per heavy atom. The maximum atomic E-state index is 2.72. The molecule has 1 heterocycles. The van der Waals surface area contributed by atoms with Crippen molar-refractivity contribution >= 4 is 11.3 Å². The van der Waals surface area contributed by atoms with Crippen LogP contribution in [0.5, 0.6) is 0 Å². The van der Waals surface area contributed by atoms with Crippen molar-refractivity contribution in [3.05, 3.63) is 22.4 Å². The largest absolute Gasteiger partial charge is 0.337 e. The second-order valence-corrected chi connectivity index (χ2v) is 9.51. The lowest BCUT2D eigenvalue weighted by Crippen LogP contribution is -2.98. The Labute approximate surface area is 120 Å². The summed E-state index contributed by atoms with van der Waals surface area (Å²) in [6, 6.07) is 4.49. The molecule has 4 atom stereocenters. The molecule has 4 aliphatic rings. The van der Waals surface area contributed by atoms with E-state index >= 15 is 0 Å². The third-order valence-electron chi connectivity index (χ3n) is 5.99. The van der Waals surface area contributed by atoms with E-state index in [2.05, 4.69) is 36.7 Å². The molecule has 2 N–H and O–H groups in total. The molecule has 0 aliphatic heterocycles. The summed E-state index contributed by atoms with van der Waals surface area (Å²) >= 11 is 1.92. The van der Waals surface area contributed by atoms with Crippen LogP contribution in [-0.2, 0) is 6.54 Å². The molecule has 5 rings (SSSR count). The van der Waals surface area contributed by atoms with Crippen molar-refractivity contribution in [2.45, 2.75) is 64.5 Å². The fourth-order valence-electron chi connectivity index (χ4n) is 6.51. The second kappa shape index (κ2) is 3.85. The molecule has 4 bridgehead atoms. The van der Waals surface area contributed by atoms with Crippen molar-refractivity contribution in [2.24, 2.45) is 16.7 Å². The maximum Gasteiger partial charge on any atom is 0.111 e. The first-order chi connectivity index (χ1) is 8.99. The molecule has 1 aromatic rings. The summed E-state index contributed by atoms with van der Waals surface area (Å²) in [4.78, 5) is 1.55. The molecule has 2 unspecified atom stereocenters. The first-order valence-corrected chi connectivity index (χ1v) is 8.73. The van der Waals surface area contributed by atoms with Gasteiger partial charge in [-0.1, -0.05) is 19.9 Å². The van der Waals surface area contributed by atoms with E-state index in [9.17, 15) is 0 Å². The molecule has 1 nitrogen and oxygen atoms in total. The monoisotopic (exact) mass is 276 g/mol. The average Bonchev–Trinajstić information content (AvgIpc) is 2.73. The van der Waals surface area contributed by atoms with Crippen LogP contribution in [0.2, 0.25) is 0 Å². The molecule has 104 valence electrons. The van der Waals surface area contributed by atoms with Crippen LogP contribution >= 0.6 is 11.3 Å². The van der Waals surface area contributed by atoms with Crippen molar-refractivity contribution in [1.29, 1.82) is 0 Å². The lowest BCUT2D eigenvalue weighted by atomic mass is 9.43. The number of hydrogen-bond donors (Lipinski definition) is 1. The van der Waals surface area contributed by atoms with Crippen molar-refractivity contribution in [2.75, 3.05) is 0 Å². The Balaban J connectivity index is 1.57. The third kappa shape index (κ3) is 2.08. The van der Waals surface area contributed by atoms with Crippen molar-refractivity contribution in [1.82, 2.24) is 0 Å². The minimum absolute atomic E-state index is 0.576. The Kier molecular flexibility index (Phi) is 2.52. The zero-order chi connectivity index (χ0) is 13.1. The molecule has 0 saturated heterocycles. The fourth-order valence-corrected chi connectivity index (χ4v) is 7.18. The van der Waals surface area contributed by atoms with Gasteiger partial charge in [0.15, 0.2) is 0 Å². The van der Waals surface area contributed by atoms with Gasteiger partial charge in [-0.05, 0) is 47.5 Å². The highest BCUT2D eigenvalue weighted by atomic mass is 32.1. The molecule has 19 heavy (non-hydrogen) atoms. The second-order valence-electron chi connectivity index (χ2n) is 8.48. The van der Waals surface area contributed by atoms with E-state index in [1.54, 1.807) is 4.88 Å². The number of rotatable bonds is 3. The van der Waals surface area contributed by atoms with Crippen LogP contribution in [0.3, 0.4) is 0 Å². The van der Waals surface area contributed by atoms with Gasteiger partial charge < -0.3 is 5.32 Å². The summed E-state index contributed by atoms with van der Waals surface area (Å²) < 4.78 is 0. The number of nitrogens with two attached hydrogens (primary N) is 1. The fraction of sp³-hybridized carbons (Fsp3) is 0.765. The molecule has 2 heteroatoms. The zero-order valence-corrected chi connectivity index (χ0v) is 13.1. The normalized spacial score (nSPS) is 47.8. The minimum atomic E-state index is 0.576. The van der Waals surface area contributed by atoms with E-state index in [1.165, 1.54) is 45.1 Å². The molecule has 0 amide bonds. The Bertz CT molecular complexity index is 459. The van der Waals surface area contributed by atoms with E-state index in [-0.39, 0.29) is 0 Å². The van der Waals surface area contributed by atoms with Crippen LogP contribution in [0.4, 0.5) is 0 Å². The topological polar surface area (TPSA) is 16.6 Å². The van der Waals surface area contributed by atoms with E-state index in [4.69, 9.17) is 0 Å². The predicted molar refractivity (Wildman–Crippen MR) is 80.1 cm³/mol. The molecule has 0 radical (unpaired) electrons. The van der Waals surface area contributed by atoms with Crippen LogP contribution in [0.25, 0.3) is 0 Å². The van der Waals surface area contributed by atoms with E-state index in [0.717, 1.165) is 5.92 Å². The highest BCUT2D eigenvalue weighted by Gasteiger charge is 2.62. The standard InChI is InChI=1S/C17H25NS/c1-15-6-13-7-16(2,10-15)12-17(8-13,11-15)18-9-14-4-3-5-19-14/h3-5,13,18H,6-12H2,1-2H3/p+1/t13?,15-,16+,17?. The lowest BCUT2D eigenvalue weighted by Gasteiger charge is -2.63. The smallest absolute Gasteiger partial charge is 0.111 e. The van der Waals surface area contributed by atoms with Gasteiger partial charge in [0.2, 0.25) is 0 Å². The molecule has 4 saturated carbocycles. The van der Waals surface area contributed by atoms with Crippen LogP contribution in [0.15, 0.2) is 17.5 Å². The average molecular weight is 276 g/mol. The maximum absolute atomic E-state index is 2.72. The van der Waals surface area contributed by atoms with E-state index in [0.29, 0.717) is 16.4 Å². The molecular formula is C17H26NS+. The summed E-state index contributed by atoms with van der Waals surface area (Å²) in [5, 5.41) is 4.94. The molecule has 4 fully saturated rings. The van der Waals surface area contributed by atoms with Crippen LogP contribution in [-0.4, -0.2) is 5.54 Å². The van der Waals surface area contributed by atoms with Gasteiger partial charge in [-0.3, -0.25) is 0 Å². The summed E-state index contributed by atoms with van der Waals surface area (Å²) in [7, 11) is 0. The van der Waals surface area contributed by atoms with E-state index < -0.39 is 0 Å². The van der Waals surface area contributed by atoms with Gasteiger partial charge in [0.1, 0.15) is 6.54 Å². The number of thiophene rings is 1. The van der Waals surface area contributed by atoms with Crippen molar-refractivity contribution < 1.29 is 5.32 Å². The SMILES string of the molecule is C[C@]12CC3CC([NH2+]Cc4cccs4)(C1)C[C@@](C)(C3)C2. The quantitative estimate of drug-likeness (QED) is 0.869. The van der Waals surface area contributed by atoms with Gasteiger partial charge in [0.25, 0.3) is 0 Å². The minimum Gasteiger partial charge on any atom is -0.337 e. The van der Waals surface area contributed by atoms with Crippen LogP contribution < -0.4 is 5.32 Å². The van der Waals surface area contributed by atoms with Crippen molar-refractivity contribution in [3.63, 3.8) is 0 Å². The van der Waals surface area contributed by atoms with E-state index in [1.807, 2.05) is 11.3 Å². The number of quaternary nitrogens is 1. The van der Waals surface area contributed by atoms with Crippen LogP contribution in [0, 0.1) is 16.7 Å². The molecule has 4 aliphatic carbocycles. The predicted octanol–water partition coefficient (Wildman–Crippen LogP) is 3.56. The molecule has 0 spiro atoms. The van der Waals surface area contributed by atoms with Gasteiger partial charge in [0, 0.05) is 19.3 Å². The third-order valence-corrected chi connectivity index (χ3v) is 6.88. The molecule has 1 aromatic heterocycles. The highest BCUT2D eigenvalue weighted by Crippen LogP contribution is 2.65.